The largest absolute Gasteiger partial charge is 0.495 e. The Morgan fingerprint density at radius 3 is 2.82 bits per heavy atom. The Morgan fingerprint density at radius 2 is 2.18 bits per heavy atom. The number of carbonyl (C=O) groups is 1. The van der Waals surface area contributed by atoms with Gasteiger partial charge in [-0.25, -0.2) is 0 Å². The van der Waals surface area contributed by atoms with Crippen LogP contribution in [0.3, 0.4) is 0 Å². The van der Waals surface area contributed by atoms with Crippen LogP contribution in [0.15, 0.2) is 35.7 Å². The van der Waals surface area contributed by atoms with Crippen molar-refractivity contribution in [2.45, 2.75) is 19.9 Å². The fraction of sp³-hybridized carbons (Fsp3) is 0.353. The first kappa shape index (κ1) is 16.5. The summed E-state index contributed by atoms with van der Waals surface area (Å²) in [4.78, 5) is 15.6. The number of thiophene rings is 1. The average Bonchev–Trinajstić information content (AvgIpc) is 3.00. The maximum absolute atomic E-state index is 12.3. The Labute approximate surface area is 135 Å². The molecule has 1 atom stereocenters. The topological polar surface area (TPSA) is 41.6 Å². The van der Waals surface area contributed by atoms with E-state index >= 15 is 0 Å². The molecule has 0 aliphatic carbocycles. The van der Waals surface area contributed by atoms with Gasteiger partial charge in [-0.2, -0.15) is 0 Å². The fourth-order valence-corrected chi connectivity index (χ4v) is 3.07. The Balaban J connectivity index is 1.99. The number of aryl methyl sites for hydroxylation is 1. The molecule has 1 aromatic carbocycles. The van der Waals surface area contributed by atoms with Crippen LogP contribution in [0.5, 0.6) is 5.75 Å². The van der Waals surface area contributed by atoms with Crippen LogP contribution in [0.25, 0.3) is 0 Å². The monoisotopic (exact) mass is 318 g/mol. The highest BCUT2D eigenvalue weighted by Gasteiger charge is 2.16. The molecule has 1 amide bonds. The maximum atomic E-state index is 12.3. The zero-order valence-electron chi connectivity index (χ0n) is 13.4. The highest BCUT2D eigenvalue weighted by Crippen LogP contribution is 2.26. The number of likely N-dealkylation sites (N-methyl/N-ethyl adjacent to an activating group) is 1. The number of nitrogens with one attached hydrogen (secondary N) is 1. The molecule has 0 aliphatic heterocycles. The Bertz CT molecular complexity index is 626. The van der Waals surface area contributed by atoms with Crippen molar-refractivity contribution in [3.8, 4) is 5.75 Å². The summed E-state index contributed by atoms with van der Waals surface area (Å²) in [7, 11) is 3.56. The normalized spacial score (nSPS) is 12.2. The van der Waals surface area contributed by atoms with Crippen LogP contribution in [0, 0.1) is 6.92 Å². The Kier molecular flexibility index (Phi) is 5.57. The molecule has 5 heteroatoms. The van der Waals surface area contributed by atoms with E-state index in [9.17, 15) is 4.79 Å². The van der Waals surface area contributed by atoms with Gasteiger partial charge in [0.1, 0.15) is 5.75 Å². The second-order valence-electron chi connectivity index (χ2n) is 5.36. The molecule has 1 heterocycles. The van der Waals surface area contributed by atoms with Gasteiger partial charge in [-0.3, -0.25) is 9.69 Å². The molecule has 0 fully saturated rings. The number of hydrogen-bond donors (Lipinski definition) is 1. The molecule has 1 aromatic heterocycles. The number of ether oxygens (including phenoxy) is 1. The molecule has 4 nitrogen and oxygen atoms in total. The number of amides is 1. The second-order valence-corrected chi connectivity index (χ2v) is 6.34. The summed E-state index contributed by atoms with van der Waals surface area (Å²) in [6, 6.07) is 10.1. The number of nitrogens with zero attached hydrogens (tertiary/aromatic N) is 1. The lowest BCUT2D eigenvalue weighted by atomic mass is 10.2. The minimum absolute atomic E-state index is 0.0465. The van der Waals surface area contributed by atoms with Gasteiger partial charge in [0.25, 0.3) is 0 Å². The third kappa shape index (κ3) is 4.08. The first-order valence-corrected chi connectivity index (χ1v) is 8.07. The number of rotatable bonds is 6. The van der Waals surface area contributed by atoms with E-state index in [-0.39, 0.29) is 11.9 Å². The molecule has 0 spiro atoms. The van der Waals surface area contributed by atoms with E-state index in [0.717, 1.165) is 5.56 Å². The van der Waals surface area contributed by atoms with Crippen LogP contribution in [0.4, 0.5) is 5.69 Å². The molecule has 0 aliphatic rings. The lowest BCUT2D eigenvalue weighted by Gasteiger charge is -2.23. The summed E-state index contributed by atoms with van der Waals surface area (Å²) in [5, 5.41) is 4.98. The molecule has 0 unspecified atom stereocenters. The second kappa shape index (κ2) is 7.42. The Morgan fingerprint density at radius 1 is 1.41 bits per heavy atom. The molecular weight excluding hydrogens is 296 g/mol. The van der Waals surface area contributed by atoms with Gasteiger partial charge in [0.2, 0.25) is 5.91 Å². The maximum Gasteiger partial charge on any atom is 0.238 e. The van der Waals surface area contributed by atoms with Gasteiger partial charge < -0.3 is 10.1 Å². The van der Waals surface area contributed by atoms with E-state index < -0.39 is 0 Å². The van der Waals surface area contributed by atoms with Crippen LogP contribution in [-0.2, 0) is 4.79 Å². The summed E-state index contributed by atoms with van der Waals surface area (Å²) in [6.45, 7) is 4.42. The first-order valence-electron chi connectivity index (χ1n) is 7.19. The third-order valence-electron chi connectivity index (χ3n) is 3.64. The van der Waals surface area contributed by atoms with Gasteiger partial charge in [-0.1, -0.05) is 12.1 Å². The molecule has 118 valence electrons. The van der Waals surface area contributed by atoms with Crippen molar-refractivity contribution in [2.24, 2.45) is 0 Å². The highest BCUT2D eigenvalue weighted by molar-refractivity contribution is 7.10. The van der Waals surface area contributed by atoms with Crippen LogP contribution in [0.1, 0.15) is 23.4 Å². The smallest absolute Gasteiger partial charge is 0.238 e. The lowest BCUT2D eigenvalue weighted by molar-refractivity contribution is -0.117. The number of benzene rings is 1. The van der Waals surface area contributed by atoms with Crippen molar-refractivity contribution < 1.29 is 9.53 Å². The average molecular weight is 318 g/mol. The van der Waals surface area contributed by atoms with Crippen molar-refractivity contribution in [3.63, 3.8) is 0 Å². The molecule has 2 rings (SSSR count). The van der Waals surface area contributed by atoms with Gasteiger partial charge in [0, 0.05) is 10.9 Å². The minimum Gasteiger partial charge on any atom is -0.495 e. The standard InChI is InChI=1S/C17H22N2O2S/c1-12-7-8-15(21-4)14(10-12)18-17(20)11-19(3)13(2)16-6-5-9-22-16/h5-10,13H,11H2,1-4H3,(H,18,20)/t13-/m1/s1. The SMILES string of the molecule is COc1ccc(C)cc1NC(=O)CN(C)[C@H](C)c1cccs1. The number of methoxy groups -OCH3 is 1. The van der Waals surface area contributed by atoms with Crippen molar-refractivity contribution >= 4 is 22.9 Å². The molecule has 0 saturated heterocycles. The lowest BCUT2D eigenvalue weighted by Crippen LogP contribution is -2.32. The van der Waals surface area contributed by atoms with Gasteiger partial charge in [-0.05, 0) is 50.0 Å². The molecular formula is C17H22N2O2S. The molecule has 2 aromatic rings. The van der Waals surface area contributed by atoms with E-state index in [0.29, 0.717) is 18.0 Å². The molecule has 0 saturated carbocycles. The van der Waals surface area contributed by atoms with E-state index in [1.54, 1.807) is 18.4 Å². The van der Waals surface area contributed by atoms with Crippen LogP contribution in [0.2, 0.25) is 0 Å². The van der Waals surface area contributed by atoms with E-state index in [1.165, 1.54) is 4.88 Å². The minimum atomic E-state index is -0.0465. The number of carbonyl (C=O) groups excluding carboxylic acids is 1. The zero-order valence-corrected chi connectivity index (χ0v) is 14.2. The predicted molar refractivity (Wildman–Crippen MR) is 91.7 cm³/mol. The van der Waals surface area contributed by atoms with Crippen molar-refractivity contribution in [3.05, 3.63) is 46.2 Å². The molecule has 0 radical (unpaired) electrons. The third-order valence-corrected chi connectivity index (χ3v) is 4.68. The van der Waals surface area contributed by atoms with Gasteiger partial charge >= 0.3 is 0 Å². The summed E-state index contributed by atoms with van der Waals surface area (Å²) >= 11 is 1.71. The summed E-state index contributed by atoms with van der Waals surface area (Å²) < 4.78 is 5.29. The van der Waals surface area contributed by atoms with Crippen molar-refractivity contribution in [1.29, 1.82) is 0 Å². The van der Waals surface area contributed by atoms with E-state index in [1.807, 2.05) is 43.1 Å². The van der Waals surface area contributed by atoms with Crippen molar-refractivity contribution in [1.82, 2.24) is 4.90 Å². The van der Waals surface area contributed by atoms with E-state index in [4.69, 9.17) is 4.74 Å². The van der Waals surface area contributed by atoms with Gasteiger partial charge in [-0.15, -0.1) is 11.3 Å². The summed E-state index contributed by atoms with van der Waals surface area (Å²) in [5.74, 6) is 0.628. The molecule has 1 N–H and O–H groups in total. The van der Waals surface area contributed by atoms with Crippen LogP contribution >= 0.6 is 11.3 Å². The zero-order chi connectivity index (χ0) is 16.1. The quantitative estimate of drug-likeness (QED) is 0.883. The van der Waals surface area contributed by atoms with Crippen LogP contribution in [-0.4, -0.2) is 31.5 Å². The van der Waals surface area contributed by atoms with E-state index in [2.05, 4.69) is 23.7 Å². The first-order chi connectivity index (χ1) is 10.5. The fourth-order valence-electron chi connectivity index (χ4n) is 2.22. The number of hydrogen-bond acceptors (Lipinski definition) is 4. The van der Waals surface area contributed by atoms with Gasteiger partial charge in [0.15, 0.2) is 0 Å². The number of anilines is 1. The summed E-state index contributed by atoms with van der Waals surface area (Å²) in [5.41, 5.74) is 1.79. The van der Waals surface area contributed by atoms with Crippen molar-refractivity contribution in [2.75, 3.05) is 26.0 Å². The molecule has 22 heavy (non-hydrogen) atoms. The van der Waals surface area contributed by atoms with Crippen LogP contribution < -0.4 is 10.1 Å². The summed E-state index contributed by atoms with van der Waals surface area (Å²) in [6.07, 6.45) is 0. The van der Waals surface area contributed by atoms with Gasteiger partial charge in [0.05, 0.1) is 19.3 Å². The molecule has 0 bridgehead atoms. The predicted octanol–water partition coefficient (Wildman–Crippen LogP) is 3.70. The Hall–Kier alpha value is -1.85. The highest BCUT2D eigenvalue weighted by atomic mass is 32.1.